The van der Waals surface area contributed by atoms with Crippen molar-refractivity contribution in [3.05, 3.63) is 70.8 Å². The third kappa shape index (κ3) is 2.98. The fourth-order valence-electron chi connectivity index (χ4n) is 1.63. The molecule has 0 amide bonds. The fraction of sp³-hybridized carbons (Fsp3) is 0.0667. The Kier molecular flexibility index (Phi) is 3.61. The highest BCUT2D eigenvalue weighted by atomic mass is 16.6. The molecule has 0 spiro atoms. The van der Waals surface area contributed by atoms with Crippen LogP contribution in [0.25, 0.3) is 5.57 Å². The highest BCUT2D eigenvalue weighted by Gasteiger charge is 2.14. The molecule has 4 nitrogen and oxygen atoms in total. The molecule has 0 radical (unpaired) electrons. The number of nitrogens with zero attached hydrogens (tertiary/aromatic N) is 1. The topological polar surface area (TPSA) is 52.4 Å². The zero-order valence-corrected chi connectivity index (χ0v) is 10.5. The zero-order chi connectivity index (χ0) is 13.8. The molecule has 19 heavy (non-hydrogen) atoms. The van der Waals surface area contributed by atoms with E-state index in [1.54, 1.807) is 30.3 Å². The molecule has 0 atom stereocenters. The number of hydrogen-bond acceptors (Lipinski definition) is 3. The van der Waals surface area contributed by atoms with Crippen LogP contribution in [0, 0.1) is 10.1 Å². The number of nitro benzene ring substituents is 1. The average Bonchev–Trinajstić information content (AvgIpc) is 2.39. The molecular weight excluding hydrogens is 242 g/mol. The summed E-state index contributed by atoms with van der Waals surface area (Å²) in [5.41, 5.74) is 1.92. The summed E-state index contributed by atoms with van der Waals surface area (Å²) in [5, 5.41) is 10.9. The van der Waals surface area contributed by atoms with Crippen LogP contribution in [-0.2, 0) is 0 Å². The van der Waals surface area contributed by atoms with Gasteiger partial charge in [-0.25, -0.2) is 0 Å². The number of allylic oxidation sites excluding steroid dienone is 1. The summed E-state index contributed by atoms with van der Waals surface area (Å²) in [6.07, 6.45) is 0. The minimum Gasteiger partial charge on any atom is -0.450 e. The average molecular weight is 255 g/mol. The number of hydrogen-bond donors (Lipinski definition) is 0. The molecule has 0 aliphatic heterocycles. The quantitative estimate of drug-likeness (QED) is 0.600. The number of ether oxygens (including phenoxy) is 1. The van der Waals surface area contributed by atoms with Gasteiger partial charge in [0.1, 0.15) is 5.75 Å². The van der Waals surface area contributed by atoms with Crippen molar-refractivity contribution in [2.75, 3.05) is 0 Å². The first-order valence-electron chi connectivity index (χ1n) is 5.75. The van der Waals surface area contributed by atoms with E-state index in [1.807, 2.05) is 19.1 Å². The van der Waals surface area contributed by atoms with Crippen LogP contribution in [0.4, 0.5) is 5.69 Å². The van der Waals surface area contributed by atoms with Crippen molar-refractivity contribution in [1.29, 1.82) is 0 Å². The molecule has 4 heteroatoms. The van der Waals surface area contributed by atoms with E-state index < -0.39 is 4.92 Å². The van der Waals surface area contributed by atoms with E-state index >= 15 is 0 Å². The molecule has 0 fully saturated rings. The van der Waals surface area contributed by atoms with Crippen LogP contribution in [0.2, 0.25) is 0 Å². The molecule has 2 aromatic rings. The second-order valence-corrected chi connectivity index (χ2v) is 4.13. The van der Waals surface area contributed by atoms with Crippen molar-refractivity contribution >= 4 is 11.3 Å². The first-order valence-corrected chi connectivity index (χ1v) is 5.75. The molecule has 0 saturated heterocycles. The van der Waals surface area contributed by atoms with Crippen molar-refractivity contribution in [3.63, 3.8) is 0 Å². The Morgan fingerprint density at radius 3 is 2.37 bits per heavy atom. The van der Waals surface area contributed by atoms with E-state index in [4.69, 9.17) is 4.74 Å². The van der Waals surface area contributed by atoms with Gasteiger partial charge in [-0.15, -0.1) is 0 Å². The molecule has 0 unspecified atom stereocenters. The molecule has 0 saturated carbocycles. The van der Waals surface area contributed by atoms with Crippen molar-refractivity contribution in [2.24, 2.45) is 0 Å². The van der Waals surface area contributed by atoms with Crippen LogP contribution < -0.4 is 4.74 Å². The molecule has 2 aromatic carbocycles. The Balaban J connectivity index is 2.26. The van der Waals surface area contributed by atoms with Crippen LogP contribution in [-0.4, -0.2) is 4.92 Å². The van der Waals surface area contributed by atoms with E-state index in [0.717, 1.165) is 11.1 Å². The summed E-state index contributed by atoms with van der Waals surface area (Å²) in [6, 6.07) is 13.6. The SMILES string of the molecule is C=C(C)c1ccc(Oc2ccccc2[N+](=O)[O-])cc1. The van der Waals surface area contributed by atoms with Crippen LogP contribution >= 0.6 is 0 Å². The lowest BCUT2D eigenvalue weighted by Gasteiger charge is -2.07. The third-order valence-electron chi connectivity index (χ3n) is 2.64. The molecule has 0 heterocycles. The van der Waals surface area contributed by atoms with E-state index in [-0.39, 0.29) is 11.4 Å². The van der Waals surface area contributed by atoms with Gasteiger partial charge in [-0.1, -0.05) is 36.4 Å². The van der Waals surface area contributed by atoms with Gasteiger partial charge in [0.25, 0.3) is 0 Å². The fourth-order valence-corrected chi connectivity index (χ4v) is 1.63. The van der Waals surface area contributed by atoms with Gasteiger partial charge in [-0.05, 0) is 30.7 Å². The molecule has 0 aliphatic rings. The highest BCUT2D eigenvalue weighted by molar-refractivity contribution is 5.62. The van der Waals surface area contributed by atoms with Crippen molar-refractivity contribution in [2.45, 2.75) is 6.92 Å². The normalized spacial score (nSPS) is 9.95. The number of rotatable bonds is 4. The Hall–Kier alpha value is -2.62. The number of benzene rings is 2. The van der Waals surface area contributed by atoms with Crippen LogP contribution in [0.1, 0.15) is 12.5 Å². The molecule has 0 N–H and O–H groups in total. The van der Waals surface area contributed by atoms with E-state index in [2.05, 4.69) is 6.58 Å². The second kappa shape index (κ2) is 5.35. The lowest BCUT2D eigenvalue weighted by molar-refractivity contribution is -0.385. The van der Waals surface area contributed by atoms with Gasteiger partial charge in [0.05, 0.1) is 4.92 Å². The lowest BCUT2D eigenvalue weighted by Crippen LogP contribution is -1.93. The summed E-state index contributed by atoms with van der Waals surface area (Å²) >= 11 is 0. The van der Waals surface area contributed by atoms with Crippen LogP contribution in [0.5, 0.6) is 11.5 Å². The van der Waals surface area contributed by atoms with Gasteiger partial charge in [0, 0.05) is 6.07 Å². The predicted octanol–water partition coefficient (Wildman–Crippen LogP) is 4.42. The van der Waals surface area contributed by atoms with E-state index in [1.165, 1.54) is 6.07 Å². The molecular formula is C15H13NO3. The van der Waals surface area contributed by atoms with Gasteiger partial charge < -0.3 is 4.74 Å². The zero-order valence-electron chi connectivity index (χ0n) is 10.5. The van der Waals surface area contributed by atoms with E-state index in [0.29, 0.717) is 5.75 Å². The summed E-state index contributed by atoms with van der Waals surface area (Å²) in [7, 11) is 0. The highest BCUT2D eigenvalue weighted by Crippen LogP contribution is 2.31. The maximum absolute atomic E-state index is 10.9. The summed E-state index contributed by atoms with van der Waals surface area (Å²) in [6.45, 7) is 5.76. The smallest absolute Gasteiger partial charge is 0.311 e. The summed E-state index contributed by atoms with van der Waals surface area (Å²) < 4.78 is 5.53. The Labute approximate surface area is 111 Å². The number of nitro groups is 1. The second-order valence-electron chi connectivity index (χ2n) is 4.13. The standard InChI is InChI=1S/C15H13NO3/c1-11(2)12-7-9-13(10-8-12)19-15-6-4-3-5-14(15)16(17)18/h3-10H,1H2,2H3. The van der Waals surface area contributed by atoms with Gasteiger partial charge in [-0.2, -0.15) is 0 Å². The predicted molar refractivity (Wildman–Crippen MR) is 74.3 cm³/mol. The molecule has 96 valence electrons. The van der Waals surface area contributed by atoms with Crippen LogP contribution in [0.15, 0.2) is 55.1 Å². The summed E-state index contributed by atoms with van der Waals surface area (Å²) in [5.74, 6) is 0.787. The number of para-hydroxylation sites is 2. The maximum Gasteiger partial charge on any atom is 0.311 e. The largest absolute Gasteiger partial charge is 0.450 e. The third-order valence-corrected chi connectivity index (χ3v) is 2.64. The molecule has 0 aromatic heterocycles. The molecule has 2 rings (SSSR count). The Bertz CT molecular complexity index is 618. The Morgan fingerprint density at radius 1 is 1.16 bits per heavy atom. The lowest BCUT2D eigenvalue weighted by atomic mass is 10.1. The minimum absolute atomic E-state index is 0.0496. The van der Waals surface area contributed by atoms with Crippen molar-refractivity contribution < 1.29 is 9.66 Å². The minimum atomic E-state index is -0.461. The maximum atomic E-state index is 10.9. The van der Waals surface area contributed by atoms with Gasteiger partial charge in [-0.3, -0.25) is 10.1 Å². The van der Waals surface area contributed by atoms with Gasteiger partial charge in [0.15, 0.2) is 0 Å². The van der Waals surface area contributed by atoms with Crippen molar-refractivity contribution in [1.82, 2.24) is 0 Å². The van der Waals surface area contributed by atoms with Crippen molar-refractivity contribution in [3.8, 4) is 11.5 Å². The summed E-state index contributed by atoms with van der Waals surface area (Å²) in [4.78, 5) is 10.4. The van der Waals surface area contributed by atoms with Crippen LogP contribution in [0.3, 0.4) is 0 Å². The van der Waals surface area contributed by atoms with Gasteiger partial charge in [0.2, 0.25) is 5.75 Å². The van der Waals surface area contributed by atoms with Gasteiger partial charge >= 0.3 is 5.69 Å². The first kappa shape index (κ1) is 12.8. The molecule has 0 aliphatic carbocycles. The van der Waals surface area contributed by atoms with E-state index in [9.17, 15) is 10.1 Å². The Morgan fingerprint density at radius 2 is 1.79 bits per heavy atom. The molecule has 0 bridgehead atoms. The monoisotopic (exact) mass is 255 g/mol. The first-order chi connectivity index (χ1) is 9.08.